The van der Waals surface area contributed by atoms with Gasteiger partial charge >= 0.3 is 7.82 Å². The van der Waals surface area contributed by atoms with Crippen LogP contribution in [0.3, 0.4) is 0 Å². The molecule has 7 aliphatic rings. The third kappa shape index (κ3) is 1.52. The molecule has 0 aromatic heterocycles. The van der Waals surface area contributed by atoms with Gasteiger partial charge in [0, 0.05) is 5.41 Å². The van der Waals surface area contributed by atoms with Crippen molar-refractivity contribution in [3.05, 3.63) is 0 Å². The van der Waals surface area contributed by atoms with Gasteiger partial charge in [0.25, 0.3) is 0 Å². The molecule has 3 unspecified atom stereocenters. The Kier molecular flexibility index (Phi) is 2.34. The maximum Gasteiger partial charge on any atom is 0.474 e. The Labute approximate surface area is 120 Å². The topological polar surface area (TPSA) is 44.8 Å². The molecule has 7 fully saturated rings. The summed E-state index contributed by atoms with van der Waals surface area (Å²) in [6.07, 6.45) is 6.96. The molecule has 0 N–H and O–H groups in total. The highest BCUT2D eigenvalue weighted by molar-refractivity contribution is 7.48. The van der Waals surface area contributed by atoms with Crippen molar-refractivity contribution in [1.82, 2.24) is 0 Å². The monoisotopic (exact) mass is 298 g/mol. The summed E-state index contributed by atoms with van der Waals surface area (Å²) in [7, 11) is -3.18. The summed E-state index contributed by atoms with van der Waals surface area (Å²) in [5, 5.41) is 0. The van der Waals surface area contributed by atoms with E-state index in [0.29, 0.717) is 31.2 Å². The van der Waals surface area contributed by atoms with Crippen LogP contribution < -0.4 is 0 Å². The summed E-state index contributed by atoms with van der Waals surface area (Å²) in [4.78, 5) is 0. The lowest BCUT2D eigenvalue weighted by Crippen LogP contribution is -2.62. The molecule has 7 rings (SSSR count). The molecule has 0 amide bonds. The van der Waals surface area contributed by atoms with Crippen molar-refractivity contribution in [2.75, 3.05) is 19.8 Å². The van der Waals surface area contributed by atoms with E-state index >= 15 is 0 Å². The Morgan fingerprint density at radius 3 is 2.00 bits per heavy atom. The maximum absolute atomic E-state index is 12.0. The highest BCUT2D eigenvalue weighted by Crippen LogP contribution is 2.71. The summed E-state index contributed by atoms with van der Waals surface area (Å²) in [5.74, 6) is 3.33. The number of rotatable bonds is 1. The van der Waals surface area contributed by atoms with Crippen LogP contribution in [-0.4, -0.2) is 19.8 Å². The zero-order valence-corrected chi connectivity index (χ0v) is 12.9. The average Bonchev–Trinajstić information content (AvgIpc) is 2.38. The molecule has 3 aliphatic heterocycles. The normalized spacial score (nSPS) is 63.9. The second-order valence-corrected chi connectivity index (χ2v) is 10.0. The first-order chi connectivity index (χ1) is 9.51. The fourth-order valence-corrected chi connectivity index (χ4v) is 8.28. The van der Waals surface area contributed by atoms with Crippen LogP contribution in [0, 0.1) is 34.5 Å². The molecular formula is C15H23O4P. The van der Waals surface area contributed by atoms with Crippen LogP contribution in [0.15, 0.2) is 0 Å². The molecule has 0 spiro atoms. The van der Waals surface area contributed by atoms with Gasteiger partial charge in [0.05, 0.1) is 19.8 Å². The van der Waals surface area contributed by atoms with Gasteiger partial charge in [-0.3, -0.25) is 13.6 Å². The SMILES string of the molecule is CC12CC3CC(CC(C3)C1C13COP(=O)(OC1)OC3)C2. The molecule has 20 heavy (non-hydrogen) atoms. The van der Waals surface area contributed by atoms with E-state index in [2.05, 4.69) is 6.92 Å². The predicted molar refractivity (Wildman–Crippen MR) is 73.0 cm³/mol. The molecule has 0 aromatic carbocycles. The molecule has 6 bridgehead atoms. The number of hydrogen-bond acceptors (Lipinski definition) is 4. The van der Waals surface area contributed by atoms with Crippen molar-refractivity contribution in [3.8, 4) is 0 Å². The average molecular weight is 298 g/mol. The van der Waals surface area contributed by atoms with E-state index in [1.54, 1.807) is 0 Å². The number of phosphoric ester groups is 1. The molecule has 3 saturated heterocycles. The highest BCUT2D eigenvalue weighted by Gasteiger charge is 2.65. The largest absolute Gasteiger partial charge is 0.474 e. The Morgan fingerprint density at radius 2 is 1.50 bits per heavy atom. The van der Waals surface area contributed by atoms with E-state index in [-0.39, 0.29) is 5.41 Å². The fourth-order valence-electron chi connectivity index (χ4n) is 6.82. The number of fused-ring (bicyclic) bond motifs is 3. The van der Waals surface area contributed by atoms with E-state index in [1.165, 1.54) is 32.1 Å². The Hall–Kier alpha value is 0.110. The van der Waals surface area contributed by atoms with E-state index in [1.807, 2.05) is 0 Å². The smallest absolute Gasteiger partial charge is 0.286 e. The fraction of sp³-hybridized carbons (Fsp3) is 1.00. The standard InChI is InChI=1S/C15H23O4P/c1-14-5-10-2-11(6-14)4-12(3-10)13(14)15-7-17-20(16,18-8-15)19-9-15/h10-13H,2-9H2,1H3. The van der Waals surface area contributed by atoms with Crippen LogP contribution in [0.1, 0.15) is 39.0 Å². The van der Waals surface area contributed by atoms with Crippen LogP contribution in [0.5, 0.6) is 0 Å². The van der Waals surface area contributed by atoms with Gasteiger partial charge in [-0.2, -0.15) is 0 Å². The first-order valence-electron chi connectivity index (χ1n) is 8.04. The van der Waals surface area contributed by atoms with E-state index in [0.717, 1.165) is 17.8 Å². The van der Waals surface area contributed by atoms with Crippen molar-refractivity contribution < 1.29 is 18.1 Å². The predicted octanol–water partition coefficient (Wildman–Crippen LogP) is 3.62. The summed E-state index contributed by atoms with van der Waals surface area (Å²) < 4.78 is 28.4. The third-order valence-electron chi connectivity index (χ3n) is 6.86. The number of phosphoric acid groups is 1. The van der Waals surface area contributed by atoms with E-state index in [9.17, 15) is 4.57 Å². The maximum atomic E-state index is 12.0. The molecule has 0 radical (unpaired) electrons. The first kappa shape index (κ1) is 12.6. The van der Waals surface area contributed by atoms with Gasteiger partial charge in [0.1, 0.15) is 0 Å². The van der Waals surface area contributed by atoms with Gasteiger partial charge in [-0.25, -0.2) is 4.57 Å². The quantitative estimate of drug-likeness (QED) is 0.694. The first-order valence-corrected chi connectivity index (χ1v) is 9.50. The van der Waals surface area contributed by atoms with Gasteiger partial charge in [0.2, 0.25) is 0 Å². The Morgan fingerprint density at radius 1 is 0.950 bits per heavy atom. The van der Waals surface area contributed by atoms with E-state index < -0.39 is 7.82 Å². The van der Waals surface area contributed by atoms with Gasteiger partial charge < -0.3 is 0 Å². The van der Waals surface area contributed by atoms with Crippen LogP contribution in [-0.2, 0) is 18.1 Å². The minimum Gasteiger partial charge on any atom is -0.286 e. The number of hydrogen-bond donors (Lipinski definition) is 0. The van der Waals surface area contributed by atoms with Crippen molar-refractivity contribution in [2.45, 2.75) is 39.0 Å². The summed E-state index contributed by atoms with van der Waals surface area (Å²) >= 11 is 0. The second kappa shape index (κ2) is 3.71. The minimum atomic E-state index is -3.18. The van der Waals surface area contributed by atoms with Gasteiger partial charge in [-0.05, 0) is 61.2 Å². The van der Waals surface area contributed by atoms with Crippen LogP contribution in [0.4, 0.5) is 0 Å². The lowest BCUT2D eigenvalue weighted by molar-refractivity contribution is -0.212. The minimum absolute atomic E-state index is 0.0428. The van der Waals surface area contributed by atoms with Crippen LogP contribution >= 0.6 is 7.82 Å². The molecule has 112 valence electrons. The Balaban J connectivity index is 1.53. The molecule has 5 heteroatoms. The molecule has 4 aliphatic carbocycles. The third-order valence-corrected chi connectivity index (χ3v) is 8.20. The Bertz CT molecular complexity index is 459. The van der Waals surface area contributed by atoms with Crippen LogP contribution in [0.2, 0.25) is 0 Å². The molecule has 4 nitrogen and oxygen atoms in total. The highest BCUT2D eigenvalue weighted by atomic mass is 31.2. The van der Waals surface area contributed by atoms with E-state index in [4.69, 9.17) is 13.6 Å². The molecule has 3 atom stereocenters. The molecule has 0 aromatic rings. The lowest BCUT2D eigenvalue weighted by Gasteiger charge is -2.66. The molecule has 4 saturated carbocycles. The summed E-state index contributed by atoms with van der Waals surface area (Å²) in [5.41, 5.74) is 0.377. The zero-order valence-electron chi connectivity index (χ0n) is 12.0. The van der Waals surface area contributed by atoms with Gasteiger partial charge in [-0.1, -0.05) is 6.92 Å². The van der Waals surface area contributed by atoms with Gasteiger partial charge in [-0.15, -0.1) is 0 Å². The van der Waals surface area contributed by atoms with Crippen LogP contribution in [0.25, 0.3) is 0 Å². The van der Waals surface area contributed by atoms with Gasteiger partial charge in [0.15, 0.2) is 0 Å². The molecular weight excluding hydrogens is 275 g/mol. The van der Waals surface area contributed by atoms with Crippen molar-refractivity contribution >= 4 is 7.82 Å². The lowest BCUT2D eigenvalue weighted by atomic mass is 9.41. The second-order valence-electron chi connectivity index (χ2n) is 8.37. The van der Waals surface area contributed by atoms with Crippen molar-refractivity contribution in [1.29, 1.82) is 0 Å². The van der Waals surface area contributed by atoms with Crippen molar-refractivity contribution in [3.63, 3.8) is 0 Å². The molecule has 3 heterocycles. The zero-order chi connectivity index (χ0) is 13.6. The summed E-state index contributed by atoms with van der Waals surface area (Å²) in [6, 6.07) is 0. The van der Waals surface area contributed by atoms with Crippen molar-refractivity contribution in [2.24, 2.45) is 34.5 Å². The summed E-state index contributed by atoms with van der Waals surface area (Å²) in [6.45, 7) is 4.23.